The van der Waals surface area contributed by atoms with Gasteiger partial charge in [-0.1, -0.05) is 30.2 Å². The third-order valence-corrected chi connectivity index (χ3v) is 8.30. The molecule has 0 bridgehead atoms. The van der Waals surface area contributed by atoms with Crippen LogP contribution in [0.25, 0.3) is 11.6 Å². The molecule has 5 rings (SSSR count). The van der Waals surface area contributed by atoms with Crippen LogP contribution in [0.4, 0.5) is 0 Å². The minimum atomic E-state index is -1.00. The Bertz CT molecular complexity index is 1300. The fraction of sp³-hybridized carbons (Fsp3) is 0.414. The molecule has 3 heterocycles. The second-order valence-electron chi connectivity index (χ2n) is 10.5. The van der Waals surface area contributed by atoms with Crippen LogP contribution in [-0.2, 0) is 14.2 Å². The minimum Gasteiger partial charge on any atom is -0.508 e. The van der Waals surface area contributed by atoms with Crippen molar-refractivity contribution in [3.05, 3.63) is 70.0 Å². The maximum absolute atomic E-state index is 13.3. The Morgan fingerprint density at radius 3 is 2.76 bits per heavy atom. The number of phenolic OH excluding ortho intramolecular Hbond substituents is 1. The highest BCUT2D eigenvalue weighted by Gasteiger charge is 2.56. The number of hydrogen-bond acceptors (Lipinski definition) is 6. The number of likely N-dealkylation sites (tertiary alicyclic amines) is 1. The Balaban J connectivity index is 1.44. The van der Waals surface area contributed by atoms with Crippen LogP contribution in [0.2, 0.25) is 11.3 Å². The summed E-state index contributed by atoms with van der Waals surface area (Å²) in [4.78, 5) is 32.4. The van der Waals surface area contributed by atoms with Crippen LogP contribution >= 0.6 is 11.6 Å². The standard InChI is InChI=1S/C29H32BClN2O5/c1-3-12-33-28(35)21-13-17(2)26-22(27(21)29(33)36)16-30(37)38-25(26)10-8-19(24-6-4-5-11-32-24)14-18-7-9-20(34)15-23(18)31/h4-7,9,11,14-15,21-22,25,27,34,37H,3,8,10,12-13,16H2,1-2H3/b19-14-/t21-,22+,25-,27-/m1/s1. The van der Waals surface area contributed by atoms with Crippen molar-refractivity contribution in [2.24, 2.45) is 17.8 Å². The summed E-state index contributed by atoms with van der Waals surface area (Å²) in [5, 5.41) is 20.9. The quantitative estimate of drug-likeness (QED) is 0.295. The lowest BCUT2D eigenvalue weighted by molar-refractivity contribution is -0.140. The highest BCUT2D eigenvalue weighted by Crippen LogP contribution is 2.50. The lowest BCUT2D eigenvalue weighted by atomic mass is 9.58. The summed E-state index contributed by atoms with van der Waals surface area (Å²) in [6.07, 6.45) is 6.05. The molecule has 2 saturated heterocycles. The van der Waals surface area contributed by atoms with Crippen LogP contribution in [0.1, 0.15) is 50.8 Å². The predicted octanol–water partition coefficient (Wildman–Crippen LogP) is 4.99. The van der Waals surface area contributed by atoms with Gasteiger partial charge in [0.25, 0.3) is 0 Å². The topological polar surface area (TPSA) is 100.0 Å². The number of rotatable bonds is 7. The number of fused-ring (bicyclic) bond motifs is 3. The van der Waals surface area contributed by atoms with Crippen molar-refractivity contribution >= 4 is 42.2 Å². The zero-order valence-corrected chi connectivity index (χ0v) is 22.4. The highest BCUT2D eigenvalue weighted by atomic mass is 35.5. The summed E-state index contributed by atoms with van der Waals surface area (Å²) < 4.78 is 6.07. The van der Waals surface area contributed by atoms with Crippen molar-refractivity contribution in [3.8, 4) is 5.75 Å². The molecule has 1 aromatic heterocycles. The second kappa shape index (κ2) is 11.0. The van der Waals surface area contributed by atoms with Gasteiger partial charge in [0.1, 0.15) is 5.75 Å². The van der Waals surface area contributed by atoms with Gasteiger partial charge in [-0.3, -0.25) is 19.5 Å². The van der Waals surface area contributed by atoms with Gasteiger partial charge in [0.2, 0.25) is 11.8 Å². The minimum absolute atomic E-state index is 0.0797. The van der Waals surface area contributed by atoms with E-state index in [1.54, 1.807) is 18.3 Å². The van der Waals surface area contributed by atoms with Crippen LogP contribution in [0.5, 0.6) is 5.75 Å². The number of benzene rings is 1. The maximum Gasteiger partial charge on any atom is 0.455 e. The highest BCUT2D eigenvalue weighted by molar-refractivity contribution is 6.43. The molecule has 4 atom stereocenters. The molecule has 1 aromatic carbocycles. The van der Waals surface area contributed by atoms with Gasteiger partial charge in [-0.25, -0.2) is 0 Å². The number of carbonyl (C=O) groups excluding carboxylic acids is 2. The monoisotopic (exact) mass is 534 g/mol. The van der Waals surface area contributed by atoms with Crippen molar-refractivity contribution in [2.45, 2.75) is 52.0 Å². The third-order valence-electron chi connectivity index (χ3n) is 7.97. The van der Waals surface area contributed by atoms with Crippen LogP contribution in [0, 0.1) is 17.8 Å². The van der Waals surface area contributed by atoms with Gasteiger partial charge in [0.05, 0.1) is 28.7 Å². The van der Waals surface area contributed by atoms with Crippen molar-refractivity contribution in [3.63, 3.8) is 0 Å². The van der Waals surface area contributed by atoms with Gasteiger partial charge in [-0.15, -0.1) is 0 Å². The number of aromatic hydroxyl groups is 1. The van der Waals surface area contributed by atoms with Gasteiger partial charge >= 0.3 is 7.12 Å². The summed E-state index contributed by atoms with van der Waals surface area (Å²) in [6, 6.07) is 10.6. The molecule has 2 aliphatic heterocycles. The molecule has 198 valence electrons. The smallest absolute Gasteiger partial charge is 0.455 e. The number of imide groups is 1. The van der Waals surface area contributed by atoms with E-state index < -0.39 is 13.0 Å². The summed E-state index contributed by atoms with van der Waals surface area (Å²) in [5.41, 5.74) is 4.63. The molecule has 1 aliphatic carbocycles. The lowest BCUT2D eigenvalue weighted by Gasteiger charge is -2.42. The van der Waals surface area contributed by atoms with E-state index in [1.165, 1.54) is 11.0 Å². The van der Waals surface area contributed by atoms with E-state index in [1.807, 2.05) is 38.1 Å². The number of amides is 2. The van der Waals surface area contributed by atoms with E-state index in [0.29, 0.717) is 37.2 Å². The number of phenols is 1. The van der Waals surface area contributed by atoms with E-state index in [2.05, 4.69) is 4.98 Å². The largest absolute Gasteiger partial charge is 0.508 e. The molecule has 38 heavy (non-hydrogen) atoms. The van der Waals surface area contributed by atoms with Gasteiger partial charge in [0, 0.05) is 12.7 Å². The van der Waals surface area contributed by atoms with Crippen molar-refractivity contribution < 1.29 is 24.4 Å². The number of hydrogen-bond donors (Lipinski definition) is 2. The fourth-order valence-corrected chi connectivity index (χ4v) is 6.59. The summed E-state index contributed by atoms with van der Waals surface area (Å²) in [7, 11) is -1.00. The lowest BCUT2D eigenvalue weighted by Crippen LogP contribution is -2.46. The van der Waals surface area contributed by atoms with Crippen molar-refractivity contribution in [2.75, 3.05) is 6.54 Å². The van der Waals surface area contributed by atoms with Crippen LogP contribution in [-0.4, -0.2) is 51.6 Å². The van der Waals surface area contributed by atoms with E-state index in [9.17, 15) is 19.7 Å². The molecule has 0 spiro atoms. The Morgan fingerprint density at radius 2 is 2.05 bits per heavy atom. The Labute approximate surface area is 228 Å². The van der Waals surface area contributed by atoms with E-state index in [4.69, 9.17) is 16.3 Å². The van der Waals surface area contributed by atoms with E-state index in [0.717, 1.165) is 34.4 Å². The number of allylic oxidation sites excluding steroid dienone is 2. The number of aromatic nitrogens is 1. The first-order valence-corrected chi connectivity index (χ1v) is 13.6. The molecule has 9 heteroatoms. The van der Waals surface area contributed by atoms with Gasteiger partial charge in [-0.2, -0.15) is 0 Å². The molecule has 0 radical (unpaired) electrons. The second-order valence-corrected chi connectivity index (χ2v) is 10.9. The molecule has 3 aliphatic rings. The Kier molecular flexibility index (Phi) is 7.75. The predicted molar refractivity (Wildman–Crippen MR) is 147 cm³/mol. The Hall–Kier alpha value is -2.94. The number of carbonyl (C=O) groups is 2. The number of nitrogens with zero attached hydrogens (tertiary/aromatic N) is 2. The van der Waals surface area contributed by atoms with Gasteiger partial charge in [0.15, 0.2) is 0 Å². The van der Waals surface area contributed by atoms with Crippen LogP contribution in [0.15, 0.2) is 53.7 Å². The number of pyridine rings is 1. The number of halogens is 1. The molecule has 2 fully saturated rings. The molecule has 2 amide bonds. The van der Waals surface area contributed by atoms with Crippen LogP contribution < -0.4 is 0 Å². The SMILES string of the molecule is CCCN1C(=O)[C@@H]2[C@@H](CC(C)=C3[C@@H](CC/C(=C/c4ccc(O)cc4Cl)c4ccccn4)OB(O)C[C@@H]32)C1=O. The fourth-order valence-electron chi connectivity index (χ4n) is 6.36. The van der Waals surface area contributed by atoms with Crippen molar-refractivity contribution in [1.29, 1.82) is 0 Å². The molecular weight excluding hydrogens is 503 g/mol. The normalized spacial score (nSPS) is 25.6. The van der Waals surface area contributed by atoms with Crippen LogP contribution in [0.3, 0.4) is 0 Å². The molecule has 2 aromatic rings. The average Bonchev–Trinajstić information content (AvgIpc) is 3.12. The van der Waals surface area contributed by atoms with Gasteiger partial charge in [-0.05, 0) is 98.0 Å². The first-order chi connectivity index (χ1) is 18.3. The van der Waals surface area contributed by atoms with E-state index >= 15 is 0 Å². The third kappa shape index (κ3) is 5.05. The summed E-state index contributed by atoms with van der Waals surface area (Å²) in [6.45, 7) is 4.43. The molecule has 2 N–H and O–H groups in total. The average molecular weight is 535 g/mol. The zero-order valence-electron chi connectivity index (χ0n) is 21.6. The molecule has 0 saturated carbocycles. The zero-order chi connectivity index (χ0) is 27.0. The van der Waals surface area contributed by atoms with Gasteiger partial charge < -0.3 is 14.8 Å². The molecule has 0 unspecified atom stereocenters. The maximum atomic E-state index is 13.3. The van der Waals surface area contributed by atoms with E-state index in [-0.39, 0.29) is 35.5 Å². The molecular formula is C29H32BClN2O5. The first kappa shape index (κ1) is 26.7. The summed E-state index contributed by atoms with van der Waals surface area (Å²) in [5.74, 6) is -1.10. The molecule has 7 nitrogen and oxygen atoms in total. The van der Waals surface area contributed by atoms with Crippen molar-refractivity contribution in [1.82, 2.24) is 9.88 Å². The first-order valence-electron chi connectivity index (χ1n) is 13.3. The Morgan fingerprint density at radius 1 is 1.24 bits per heavy atom. The summed E-state index contributed by atoms with van der Waals surface area (Å²) >= 11 is 6.40.